The number of hydrogen-bond acceptors (Lipinski definition) is 1. The van der Waals surface area contributed by atoms with E-state index in [0.717, 1.165) is 11.5 Å². The van der Waals surface area contributed by atoms with Gasteiger partial charge in [0.15, 0.2) is 0 Å². The SMILES string of the molecule is Cc1cccc(-n2ccc3ccccc32)n1. The Labute approximate surface area is 94.2 Å². The Balaban J connectivity index is 2.26. The van der Waals surface area contributed by atoms with Gasteiger partial charge in [-0.25, -0.2) is 4.98 Å². The first-order chi connectivity index (χ1) is 7.84. The summed E-state index contributed by atoms with van der Waals surface area (Å²) in [5.41, 5.74) is 2.23. The van der Waals surface area contributed by atoms with E-state index >= 15 is 0 Å². The van der Waals surface area contributed by atoms with Crippen LogP contribution in [0.25, 0.3) is 16.7 Å². The van der Waals surface area contributed by atoms with Crippen molar-refractivity contribution in [3.63, 3.8) is 0 Å². The van der Waals surface area contributed by atoms with E-state index in [1.807, 2.05) is 25.1 Å². The molecular formula is C14H12N2. The fourth-order valence-electron chi connectivity index (χ4n) is 1.95. The van der Waals surface area contributed by atoms with Gasteiger partial charge in [-0.1, -0.05) is 24.3 Å². The topological polar surface area (TPSA) is 17.8 Å². The standard InChI is InChI=1S/C14H12N2/c1-11-5-4-8-14(15-11)16-10-9-12-6-2-3-7-13(12)16/h2-10H,1H3. The monoisotopic (exact) mass is 208 g/mol. The molecule has 0 N–H and O–H groups in total. The van der Waals surface area contributed by atoms with Gasteiger partial charge in [-0.15, -0.1) is 0 Å². The summed E-state index contributed by atoms with van der Waals surface area (Å²) >= 11 is 0. The Hall–Kier alpha value is -2.09. The zero-order chi connectivity index (χ0) is 11.0. The quantitative estimate of drug-likeness (QED) is 0.599. The molecule has 0 bridgehead atoms. The summed E-state index contributed by atoms with van der Waals surface area (Å²) in [6.07, 6.45) is 2.06. The summed E-state index contributed by atoms with van der Waals surface area (Å²) in [6, 6.07) is 16.5. The Morgan fingerprint density at radius 3 is 2.69 bits per heavy atom. The largest absolute Gasteiger partial charge is 0.301 e. The van der Waals surface area contributed by atoms with E-state index in [1.54, 1.807) is 0 Å². The lowest BCUT2D eigenvalue weighted by Crippen LogP contribution is -1.96. The average Bonchev–Trinajstić information content (AvgIpc) is 2.72. The molecule has 0 aliphatic rings. The van der Waals surface area contributed by atoms with Gasteiger partial charge in [0.1, 0.15) is 5.82 Å². The van der Waals surface area contributed by atoms with E-state index in [-0.39, 0.29) is 0 Å². The molecule has 0 aliphatic carbocycles. The van der Waals surface area contributed by atoms with Crippen molar-refractivity contribution in [1.82, 2.24) is 9.55 Å². The first-order valence-electron chi connectivity index (χ1n) is 5.35. The molecule has 0 amide bonds. The van der Waals surface area contributed by atoms with Gasteiger partial charge in [-0.2, -0.15) is 0 Å². The smallest absolute Gasteiger partial charge is 0.137 e. The lowest BCUT2D eigenvalue weighted by atomic mass is 10.2. The third kappa shape index (κ3) is 1.39. The molecule has 0 unspecified atom stereocenters. The Morgan fingerprint density at radius 1 is 0.938 bits per heavy atom. The van der Waals surface area contributed by atoms with Crippen LogP contribution in [0.4, 0.5) is 0 Å². The molecule has 3 rings (SSSR count). The fourth-order valence-corrected chi connectivity index (χ4v) is 1.95. The first kappa shape index (κ1) is 9.16. The van der Waals surface area contributed by atoms with E-state index in [4.69, 9.17) is 0 Å². The van der Waals surface area contributed by atoms with Crippen molar-refractivity contribution in [2.24, 2.45) is 0 Å². The van der Waals surface area contributed by atoms with Crippen molar-refractivity contribution in [3.8, 4) is 5.82 Å². The lowest BCUT2D eigenvalue weighted by Gasteiger charge is -2.04. The van der Waals surface area contributed by atoms with Crippen molar-refractivity contribution >= 4 is 10.9 Å². The third-order valence-electron chi connectivity index (χ3n) is 2.72. The first-order valence-corrected chi connectivity index (χ1v) is 5.35. The zero-order valence-electron chi connectivity index (χ0n) is 9.09. The van der Waals surface area contributed by atoms with E-state index in [1.165, 1.54) is 10.9 Å². The summed E-state index contributed by atoms with van der Waals surface area (Å²) in [6.45, 7) is 2.01. The highest BCUT2D eigenvalue weighted by Gasteiger charge is 2.02. The van der Waals surface area contributed by atoms with E-state index in [9.17, 15) is 0 Å². The van der Waals surface area contributed by atoms with Crippen LogP contribution < -0.4 is 0 Å². The summed E-state index contributed by atoms with van der Waals surface area (Å²) < 4.78 is 2.11. The van der Waals surface area contributed by atoms with E-state index < -0.39 is 0 Å². The minimum Gasteiger partial charge on any atom is -0.301 e. The Morgan fingerprint density at radius 2 is 1.81 bits per heavy atom. The molecule has 2 nitrogen and oxygen atoms in total. The number of pyridine rings is 1. The molecule has 0 spiro atoms. The summed E-state index contributed by atoms with van der Waals surface area (Å²) in [7, 11) is 0. The molecule has 0 atom stereocenters. The maximum Gasteiger partial charge on any atom is 0.137 e. The number of fused-ring (bicyclic) bond motifs is 1. The molecule has 78 valence electrons. The number of aromatic nitrogens is 2. The zero-order valence-corrected chi connectivity index (χ0v) is 9.09. The van der Waals surface area contributed by atoms with E-state index in [0.29, 0.717) is 0 Å². The fraction of sp³-hybridized carbons (Fsp3) is 0.0714. The number of aryl methyl sites for hydroxylation is 1. The van der Waals surface area contributed by atoms with Crippen LogP contribution in [0.5, 0.6) is 0 Å². The van der Waals surface area contributed by atoms with Gasteiger partial charge < -0.3 is 4.57 Å². The maximum atomic E-state index is 4.53. The van der Waals surface area contributed by atoms with E-state index in [2.05, 4.69) is 46.1 Å². The highest BCUT2D eigenvalue weighted by Crippen LogP contribution is 2.18. The van der Waals surface area contributed by atoms with Crippen LogP contribution in [0.3, 0.4) is 0 Å². The number of para-hydroxylation sites is 1. The molecule has 1 aromatic carbocycles. The van der Waals surface area contributed by atoms with Crippen LogP contribution >= 0.6 is 0 Å². The molecule has 2 aromatic heterocycles. The van der Waals surface area contributed by atoms with Crippen LogP contribution in [-0.2, 0) is 0 Å². The second-order valence-corrected chi connectivity index (χ2v) is 3.88. The second kappa shape index (κ2) is 3.49. The summed E-state index contributed by atoms with van der Waals surface area (Å²) in [4.78, 5) is 4.53. The Kier molecular flexibility index (Phi) is 2.00. The van der Waals surface area contributed by atoms with Crippen molar-refractivity contribution in [1.29, 1.82) is 0 Å². The van der Waals surface area contributed by atoms with Gasteiger partial charge in [0.05, 0.1) is 5.52 Å². The molecule has 2 heterocycles. The molecule has 2 heteroatoms. The molecule has 0 saturated heterocycles. The molecule has 16 heavy (non-hydrogen) atoms. The molecule has 0 aliphatic heterocycles. The van der Waals surface area contributed by atoms with Crippen molar-refractivity contribution < 1.29 is 0 Å². The normalized spacial score (nSPS) is 10.8. The predicted molar refractivity (Wildman–Crippen MR) is 65.8 cm³/mol. The van der Waals surface area contributed by atoms with Crippen LogP contribution in [0.2, 0.25) is 0 Å². The van der Waals surface area contributed by atoms with Crippen molar-refractivity contribution in [3.05, 3.63) is 60.4 Å². The molecular weight excluding hydrogens is 196 g/mol. The highest BCUT2D eigenvalue weighted by molar-refractivity contribution is 5.81. The minimum atomic E-state index is 0.973. The van der Waals surface area contributed by atoms with Crippen LogP contribution in [0.1, 0.15) is 5.69 Å². The van der Waals surface area contributed by atoms with Gasteiger partial charge in [0.2, 0.25) is 0 Å². The molecule has 0 saturated carbocycles. The minimum absolute atomic E-state index is 0.973. The lowest BCUT2D eigenvalue weighted by molar-refractivity contribution is 1.02. The molecule has 0 radical (unpaired) electrons. The summed E-state index contributed by atoms with van der Waals surface area (Å²) in [5.74, 6) is 0.973. The van der Waals surface area contributed by atoms with Gasteiger partial charge in [0, 0.05) is 11.9 Å². The number of hydrogen-bond donors (Lipinski definition) is 0. The van der Waals surface area contributed by atoms with Gasteiger partial charge in [-0.05, 0) is 36.6 Å². The van der Waals surface area contributed by atoms with Gasteiger partial charge >= 0.3 is 0 Å². The molecule has 3 aromatic rings. The number of rotatable bonds is 1. The van der Waals surface area contributed by atoms with Gasteiger partial charge in [0.25, 0.3) is 0 Å². The number of nitrogens with zero attached hydrogens (tertiary/aromatic N) is 2. The highest BCUT2D eigenvalue weighted by atomic mass is 15.0. The maximum absolute atomic E-state index is 4.53. The van der Waals surface area contributed by atoms with Crippen LogP contribution in [0, 0.1) is 6.92 Å². The van der Waals surface area contributed by atoms with Crippen LogP contribution in [-0.4, -0.2) is 9.55 Å². The molecule has 0 fully saturated rings. The van der Waals surface area contributed by atoms with Gasteiger partial charge in [-0.3, -0.25) is 0 Å². The van der Waals surface area contributed by atoms with Crippen molar-refractivity contribution in [2.45, 2.75) is 6.92 Å². The summed E-state index contributed by atoms with van der Waals surface area (Å²) in [5, 5.41) is 1.24. The second-order valence-electron chi connectivity index (χ2n) is 3.88. The van der Waals surface area contributed by atoms with Crippen LogP contribution in [0.15, 0.2) is 54.7 Å². The number of benzene rings is 1. The average molecular weight is 208 g/mol. The predicted octanol–water partition coefficient (Wildman–Crippen LogP) is 3.33. The Bertz CT molecular complexity index is 638. The van der Waals surface area contributed by atoms with Crippen molar-refractivity contribution in [2.75, 3.05) is 0 Å². The third-order valence-corrected chi connectivity index (χ3v) is 2.72.